The number of ether oxygens (including phenoxy) is 1. The van der Waals surface area contributed by atoms with E-state index in [1.165, 1.54) is 0 Å². The molecular formula is C13H17NO. The van der Waals surface area contributed by atoms with Gasteiger partial charge in [-0.2, -0.15) is 5.26 Å². The van der Waals surface area contributed by atoms with Gasteiger partial charge in [-0.15, -0.1) is 0 Å². The van der Waals surface area contributed by atoms with Crippen molar-refractivity contribution in [1.29, 1.82) is 5.26 Å². The summed E-state index contributed by atoms with van der Waals surface area (Å²) in [6, 6.07) is 6.33. The minimum Gasteiger partial charge on any atom is -0.495 e. The van der Waals surface area contributed by atoms with Crippen LogP contribution in [0.1, 0.15) is 43.4 Å². The van der Waals surface area contributed by atoms with Crippen molar-refractivity contribution in [3.63, 3.8) is 0 Å². The molecule has 0 spiro atoms. The Kier molecular flexibility index (Phi) is 3.74. The summed E-state index contributed by atoms with van der Waals surface area (Å²) >= 11 is 0. The number of aryl methyl sites for hydroxylation is 1. The Bertz CT molecular complexity index is 388. The molecule has 15 heavy (non-hydrogen) atoms. The summed E-state index contributed by atoms with van der Waals surface area (Å²) < 4.78 is 5.33. The van der Waals surface area contributed by atoms with Gasteiger partial charge in [-0.3, -0.25) is 0 Å². The highest BCUT2D eigenvalue weighted by atomic mass is 16.5. The van der Waals surface area contributed by atoms with Gasteiger partial charge in [0.05, 0.1) is 12.7 Å². The van der Waals surface area contributed by atoms with Gasteiger partial charge in [0.25, 0.3) is 0 Å². The lowest BCUT2D eigenvalue weighted by Crippen LogP contribution is -2.00. The highest BCUT2D eigenvalue weighted by molar-refractivity contribution is 5.54. The maximum Gasteiger partial charge on any atom is 0.140 e. The first kappa shape index (κ1) is 11.6. The van der Waals surface area contributed by atoms with Crippen LogP contribution in [0.15, 0.2) is 12.1 Å². The summed E-state index contributed by atoms with van der Waals surface area (Å²) in [7, 11) is 1.62. The topological polar surface area (TPSA) is 33.0 Å². The van der Waals surface area contributed by atoms with E-state index >= 15 is 0 Å². The van der Waals surface area contributed by atoms with Gasteiger partial charge in [0.1, 0.15) is 11.8 Å². The molecule has 0 fully saturated rings. The average molecular weight is 203 g/mol. The van der Waals surface area contributed by atoms with Crippen LogP contribution in [0.3, 0.4) is 0 Å². The molecule has 0 bridgehead atoms. The monoisotopic (exact) mass is 203 g/mol. The third-order valence-corrected chi connectivity index (χ3v) is 2.59. The van der Waals surface area contributed by atoms with Gasteiger partial charge in [0.15, 0.2) is 0 Å². The molecular weight excluding hydrogens is 186 g/mol. The Hall–Kier alpha value is -1.49. The lowest BCUT2D eigenvalue weighted by Gasteiger charge is -2.14. The van der Waals surface area contributed by atoms with Crippen molar-refractivity contribution in [3.05, 3.63) is 28.8 Å². The molecule has 0 aliphatic heterocycles. The molecule has 0 heterocycles. The fourth-order valence-corrected chi connectivity index (χ4v) is 1.75. The first-order chi connectivity index (χ1) is 7.15. The molecule has 0 radical (unpaired) electrons. The SMILES string of the molecule is CCc1ccc(C(C)C)c(C#N)c1OC. The maximum absolute atomic E-state index is 9.17. The maximum atomic E-state index is 9.17. The van der Waals surface area contributed by atoms with Crippen LogP contribution in [-0.4, -0.2) is 7.11 Å². The normalized spacial score (nSPS) is 10.1. The molecule has 1 aromatic carbocycles. The fourth-order valence-electron chi connectivity index (χ4n) is 1.75. The number of hydrogen-bond donors (Lipinski definition) is 0. The Morgan fingerprint density at radius 2 is 2.07 bits per heavy atom. The molecule has 2 nitrogen and oxygen atoms in total. The van der Waals surface area contributed by atoms with Crippen molar-refractivity contribution in [2.45, 2.75) is 33.1 Å². The van der Waals surface area contributed by atoms with Crippen LogP contribution in [0.4, 0.5) is 0 Å². The van der Waals surface area contributed by atoms with Gasteiger partial charge in [-0.05, 0) is 23.5 Å². The smallest absolute Gasteiger partial charge is 0.140 e. The minimum absolute atomic E-state index is 0.347. The number of hydrogen-bond acceptors (Lipinski definition) is 2. The average Bonchev–Trinajstić information content (AvgIpc) is 2.26. The van der Waals surface area contributed by atoms with Gasteiger partial charge >= 0.3 is 0 Å². The molecule has 0 aliphatic rings. The highest BCUT2D eigenvalue weighted by Gasteiger charge is 2.14. The third-order valence-electron chi connectivity index (χ3n) is 2.59. The largest absolute Gasteiger partial charge is 0.495 e. The van der Waals surface area contributed by atoms with Gasteiger partial charge in [-0.25, -0.2) is 0 Å². The summed E-state index contributed by atoms with van der Waals surface area (Å²) in [5.74, 6) is 1.09. The number of methoxy groups -OCH3 is 1. The predicted octanol–water partition coefficient (Wildman–Crippen LogP) is 3.25. The quantitative estimate of drug-likeness (QED) is 0.755. The molecule has 0 aromatic heterocycles. The van der Waals surface area contributed by atoms with Crippen molar-refractivity contribution in [1.82, 2.24) is 0 Å². The molecule has 0 unspecified atom stereocenters. The Morgan fingerprint density at radius 1 is 1.40 bits per heavy atom. The first-order valence-corrected chi connectivity index (χ1v) is 5.25. The molecule has 1 aromatic rings. The minimum atomic E-state index is 0.347. The van der Waals surface area contributed by atoms with Crippen LogP contribution in [0.5, 0.6) is 5.75 Å². The Labute approximate surface area is 91.5 Å². The molecule has 80 valence electrons. The predicted molar refractivity (Wildman–Crippen MR) is 61.2 cm³/mol. The summed E-state index contributed by atoms with van der Waals surface area (Å²) in [6.45, 7) is 6.23. The van der Waals surface area contributed by atoms with Gasteiger partial charge in [0, 0.05) is 0 Å². The Balaban J connectivity index is 3.43. The molecule has 2 heteroatoms. The second-order valence-electron chi connectivity index (χ2n) is 3.84. The molecule has 0 saturated carbocycles. The standard InChI is InChI=1S/C13H17NO/c1-5-10-6-7-11(9(2)3)12(8-14)13(10)15-4/h6-7,9H,5H2,1-4H3. The van der Waals surface area contributed by atoms with E-state index in [9.17, 15) is 0 Å². The van der Waals surface area contributed by atoms with Gasteiger partial charge in [-0.1, -0.05) is 32.9 Å². The van der Waals surface area contributed by atoms with Crippen LogP contribution in [0, 0.1) is 11.3 Å². The summed E-state index contributed by atoms with van der Waals surface area (Å²) in [6.07, 6.45) is 0.885. The van der Waals surface area contributed by atoms with Crippen molar-refractivity contribution in [2.75, 3.05) is 7.11 Å². The first-order valence-electron chi connectivity index (χ1n) is 5.25. The molecule has 0 saturated heterocycles. The zero-order valence-corrected chi connectivity index (χ0v) is 9.79. The summed E-state index contributed by atoms with van der Waals surface area (Å²) in [5.41, 5.74) is 2.84. The van der Waals surface area contributed by atoms with E-state index in [1.54, 1.807) is 7.11 Å². The van der Waals surface area contributed by atoms with E-state index in [4.69, 9.17) is 10.00 Å². The summed E-state index contributed by atoms with van der Waals surface area (Å²) in [4.78, 5) is 0. The number of nitriles is 1. The van der Waals surface area contributed by atoms with Crippen molar-refractivity contribution >= 4 is 0 Å². The van der Waals surface area contributed by atoms with Crippen molar-refractivity contribution in [3.8, 4) is 11.8 Å². The van der Waals surface area contributed by atoms with Gasteiger partial charge in [0.2, 0.25) is 0 Å². The molecule has 0 aliphatic carbocycles. The van der Waals surface area contributed by atoms with Crippen LogP contribution < -0.4 is 4.74 Å². The van der Waals surface area contributed by atoms with E-state index in [-0.39, 0.29) is 0 Å². The van der Waals surface area contributed by atoms with Crippen LogP contribution in [0.25, 0.3) is 0 Å². The molecule has 0 atom stereocenters. The van der Waals surface area contributed by atoms with E-state index in [0.717, 1.165) is 23.3 Å². The van der Waals surface area contributed by atoms with E-state index in [2.05, 4.69) is 32.9 Å². The van der Waals surface area contributed by atoms with Crippen LogP contribution >= 0.6 is 0 Å². The molecule has 0 N–H and O–H groups in total. The lowest BCUT2D eigenvalue weighted by molar-refractivity contribution is 0.408. The Morgan fingerprint density at radius 3 is 2.47 bits per heavy atom. The van der Waals surface area contributed by atoms with Crippen LogP contribution in [0.2, 0.25) is 0 Å². The van der Waals surface area contributed by atoms with E-state index in [1.807, 2.05) is 6.07 Å². The van der Waals surface area contributed by atoms with E-state index in [0.29, 0.717) is 11.5 Å². The molecule has 0 amide bonds. The van der Waals surface area contributed by atoms with Crippen molar-refractivity contribution in [2.24, 2.45) is 0 Å². The van der Waals surface area contributed by atoms with Crippen LogP contribution in [-0.2, 0) is 6.42 Å². The number of rotatable bonds is 3. The fraction of sp³-hybridized carbons (Fsp3) is 0.462. The zero-order chi connectivity index (χ0) is 11.4. The highest BCUT2D eigenvalue weighted by Crippen LogP contribution is 2.30. The second-order valence-corrected chi connectivity index (χ2v) is 3.84. The second kappa shape index (κ2) is 4.84. The third kappa shape index (κ3) is 2.12. The van der Waals surface area contributed by atoms with Gasteiger partial charge < -0.3 is 4.74 Å². The lowest BCUT2D eigenvalue weighted by atomic mass is 9.94. The van der Waals surface area contributed by atoms with Crippen molar-refractivity contribution < 1.29 is 4.74 Å². The zero-order valence-electron chi connectivity index (χ0n) is 9.79. The summed E-state index contributed by atoms with van der Waals surface area (Å²) in [5, 5.41) is 9.17. The van der Waals surface area contributed by atoms with E-state index < -0.39 is 0 Å². The number of benzene rings is 1. The molecule has 1 rings (SSSR count). The number of nitrogens with zero attached hydrogens (tertiary/aromatic N) is 1.